The van der Waals surface area contributed by atoms with Gasteiger partial charge >= 0.3 is 0 Å². The molecule has 4 aliphatic rings. The Morgan fingerprint density at radius 1 is 1.00 bits per heavy atom. The lowest BCUT2D eigenvalue weighted by Crippen LogP contribution is -2.54. The van der Waals surface area contributed by atoms with Crippen molar-refractivity contribution in [2.24, 2.45) is 0 Å². The van der Waals surface area contributed by atoms with Crippen LogP contribution in [0.4, 0.5) is 5.69 Å². The van der Waals surface area contributed by atoms with E-state index in [0.717, 1.165) is 54.4 Å². The summed E-state index contributed by atoms with van der Waals surface area (Å²) in [5.41, 5.74) is 3.72. The second kappa shape index (κ2) is 8.49. The van der Waals surface area contributed by atoms with Gasteiger partial charge in [-0.05, 0) is 42.5 Å². The van der Waals surface area contributed by atoms with Crippen LogP contribution in [0.1, 0.15) is 51.1 Å². The van der Waals surface area contributed by atoms with Gasteiger partial charge < -0.3 is 15.0 Å². The zero-order valence-corrected chi connectivity index (χ0v) is 19.2. The van der Waals surface area contributed by atoms with Crippen molar-refractivity contribution < 1.29 is 23.9 Å². The number of fused-ring (bicyclic) bond motifs is 2. The molecule has 9 nitrogen and oxygen atoms in total. The van der Waals surface area contributed by atoms with Gasteiger partial charge in [-0.2, -0.15) is 0 Å². The van der Waals surface area contributed by atoms with E-state index in [1.807, 2.05) is 12.1 Å². The molecule has 180 valence electrons. The van der Waals surface area contributed by atoms with Crippen molar-refractivity contribution in [2.45, 2.75) is 44.4 Å². The van der Waals surface area contributed by atoms with Gasteiger partial charge in [-0.15, -0.1) is 0 Å². The van der Waals surface area contributed by atoms with Gasteiger partial charge in [0.1, 0.15) is 17.9 Å². The zero-order chi connectivity index (χ0) is 24.1. The van der Waals surface area contributed by atoms with Gasteiger partial charge in [0.25, 0.3) is 11.8 Å². The van der Waals surface area contributed by atoms with Crippen LogP contribution in [-0.4, -0.2) is 60.3 Å². The van der Waals surface area contributed by atoms with Gasteiger partial charge in [0.05, 0.1) is 11.1 Å². The highest BCUT2D eigenvalue weighted by Gasteiger charge is 2.45. The molecule has 4 amide bonds. The fourth-order valence-electron chi connectivity index (χ4n) is 5.33. The van der Waals surface area contributed by atoms with Crippen molar-refractivity contribution in [2.75, 3.05) is 24.5 Å². The minimum atomic E-state index is -0.968. The standard InChI is InChI=1S/C26H26N4O5/c31-22-9-8-20(24(32)28-22)30-25(33)19-5-1-3-16(23(19)26(30)34)14-29-10-2-4-15-6-7-17(11-21(15)29)35-18-12-27-13-18/h1,3,5-7,11,18,20,27H,2,4,8-10,12-14H2,(H,28,31,32). The molecule has 0 spiro atoms. The Bertz CT molecular complexity index is 1250. The molecule has 2 fully saturated rings. The molecule has 6 rings (SSSR count). The minimum Gasteiger partial charge on any atom is -0.488 e. The van der Waals surface area contributed by atoms with Crippen molar-refractivity contribution in [3.63, 3.8) is 0 Å². The third-order valence-electron chi connectivity index (χ3n) is 7.23. The highest BCUT2D eigenvalue weighted by atomic mass is 16.5. The van der Waals surface area contributed by atoms with Gasteiger partial charge in [-0.3, -0.25) is 29.4 Å². The van der Waals surface area contributed by atoms with E-state index in [4.69, 9.17) is 4.74 Å². The molecule has 2 aromatic rings. The molecule has 4 aliphatic heterocycles. The summed E-state index contributed by atoms with van der Waals surface area (Å²) < 4.78 is 6.06. The van der Waals surface area contributed by atoms with E-state index in [1.54, 1.807) is 12.1 Å². The number of anilines is 1. The second-order valence-corrected chi connectivity index (χ2v) is 9.50. The summed E-state index contributed by atoms with van der Waals surface area (Å²) in [7, 11) is 0. The number of aryl methyl sites for hydroxylation is 1. The predicted octanol–water partition coefficient (Wildman–Crippen LogP) is 1.39. The maximum absolute atomic E-state index is 13.5. The van der Waals surface area contributed by atoms with Crippen molar-refractivity contribution in [1.29, 1.82) is 0 Å². The Labute approximate surface area is 202 Å². The topological polar surface area (TPSA) is 108 Å². The van der Waals surface area contributed by atoms with E-state index in [0.29, 0.717) is 17.7 Å². The Balaban J connectivity index is 1.29. The van der Waals surface area contributed by atoms with Crippen molar-refractivity contribution in [3.8, 4) is 5.75 Å². The number of carbonyl (C=O) groups is 4. The number of nitrogens with zero attached hydrogens (tertiary/aromatic N) is 2. The predicted molar refractivity (Wildman–Crippen MR) is 126 cm³/mol. The molecule has 4 heterocycles. The molecule has 0 radical (unpaired) electrons. The van der Waals surface area contributed by atoms with Crippen LogP contribution >= 0.6 is 0 Å². The average Bonchev–Trinajstić information content (AvgIpc) is 3.07. The molecule has 0 bridgehead atoms. The summed E-state index contributed by atoms with van der Waals surface area (Å²) in [6.07, 6.45) is 2.39. The highest BCUT2D eigenvalue weighted by molar-refractivity contribution is 6.24. The Morgan fingerprint density at radius 3 is 2.63 bits per heavy atom. The Morgan fingerprint density at radius 2 is 1.86 bits per heavy atom. The minimum absolute atomic E-state index is 0.0998. The molecule has 0 aliphatic carbocycles. The Kier molecular flexibility index (Phi) is 5.29. The maximum Gasteiger partial charge on any atom is 0.262 e. The number of amides is 4. The third kappa shape index (κ3) is 3.76. The summed E-state index contributed by atoms with van der Waals surface area (Å²) in [5, 5.41) is 5.45. The molecule has 2 saturated heterocycles. The van der Waals surface area contributed by atoms with Gasteiger partial charge in [0.2, 0.25) is 11.8 Å². The van der Waals surface area contributed by atoms with Crippen LogP contribution < -0.4 is 20.3 Å². The first-order chi connectivity index (χ1) is 17.0. The number of benzene rings is 2. The molecular formula is C26H26N4O5. The Hall–Kier alpha value is -3.72. The highest BCUT2D eigenvalue weighted by Crippen LogP contribution is 2.35. The van der Waals surface area contributed by atoms with Gasteiger partial charge in [-0.25, -0.2) is 0 Å². The summed E-state index contributed by atoms with van der Waals surface area (Å²) in [4.78, 5) is 53.8. The first kappa shape index (κ1) is 21.8. The van der Waals surface area contributed by atoms with Crippen LogP contribution in [0.2, 0.25) is 0 Å². The zero-order valence-electron chi connectivity index (χ0n) is 19.2. The SMILES string of the molecule is O=C1CCC(N2C(=O)c3cccc(CN4CCCc5ccc(OC6CNC6)cc54)c3C2=O)C(=O)N1. The number of hydrogen-bond donors (Lipinski definition) is 2. The normalized spacial score (nSPS) is 22.0. The molecule has 35 heavy (non-hydrogen) atoms. The number of imide groups is 2. The largest absolute Gasteiger partial charge is 0.488 e. The van der Waals surface area contributed by atoms with E-state index in [2.05, 4.69) is 27.7 Å². The van der Waals surface area contributed by atoms with Crippen LogP contribution in [0.15, 0.2) is 36.4 Å². The number of hydrogen-bond acceptors (Lipinski definition) is 7. The first-order valence-electron chi connectivity index (χ1n) is 12.1. The summed E-state index contributed by atoms with van der Waals surface area (Å²) in [6, 6.07) is 10.5. The molecule has 9 heteroatoms. The number of nitrogens with one attached hydrogen (secondary N) is 2. The van der Waals surface area contributed by atoms with Crippen LogP contribution in [0, 0.1) is 0 Å². The molecule has 2 aromatic carbocycles. The van der Waals surface area contributed by atoms with Crippen LogP contribution in [0.5, 0.6) is 5.75 Å². The summed E-state index contributed by atoms with van der Waals surface area (Å²) >= 11 is 0. The van der Waals surface area contributed by atoms with Gasteiger partial charge in [0, 0.05) is 44.4 Å². The van der Waals surface area contributed by atoms with E-state index < -0.39 is 23.8 Å². The molecular weight excluding hydrogens is 448 g/mol. The van der Waals surface area contributed by atoms with Gasteiger partial charge in [-0.1, -0.05) is 18.2 Å². The molecule has 1 unspecified atom stereocenters. The monoisotopic (exact) mass is 474 g/mol. The van der Waals surface area contributed by atoms with Crippen LogP contribution in [0.3, 0.4) is 0 Å². The summed E-state index contributed by atoms with van der Waals surface area (Å²) in [6.45, 7) is 2.98. The van der Waals surface area contributed by atoms with E-state index in [1.165, 1.54) is 5.56 Å². The number of rotatable bonds is 5. The quantitative estimate of drug-likeness (QED) is 0.631. The number of carbonyl (C=O) groups excluding carboxylic acids is 4. The fourth-order valence-corrected chi connectivity index (χ4v) is 5.33. The van der Waals surface area contributed by atoms with Crippen LogP contribution in [-0.2, 0) is 22.6 Å². The number of piperidine rings is 1. The maximum atomic E-state index is 13.5. The van der Waals surface area contributed by atoms with E-state index >= 15 is 0 Å². The van der Waals surface area contributed by atoms with E-state index in [9.17, 15) is 19.2 Å². The molecule has 0 aromatic heterocycles. The lowest BCUT2D eigenvalue weighted by Gasteiger charge is -2.33. The van der Waals surface area contributed by atoms with Crippen LogP contribution in [0.25, 0.3) is 0 Å². The number of ether oxygens (including phenoxy) is 1. The average molecular weight is 475 g/mol. The lowest BCUT2D eigenvalue weighted by molar-refractivity contribution is -0.136. The molecule has 0 saturated carbocycles. The molecule has 2 N–H and O–H groups in total. The fraction of sp³-hybridized carbons (Fsp3) is 0.385. The van der Waals surface area contributed by atoms with Crippen molar-refractivity contribution in [3.05, 3.63) is 58.7 Å². The first-order valence-corrected chi connectivity index (χ1v) is 12.1. The second-order valence-electron chi connectivity index (χ2n) is 9.50. The molecule has 1 atom stereocenters. The van der Waals surface area contributed by atoms with Crippen molar-refractivity contribution in [1.82, 2.24) is 15.5 Å². The smallest absolute Gasteiger partial charge is 0.262 e. The van der Waals surface area contributed by atoms with Crippen molar-refractivity contribution >= 4 is 29.3 Å². The van der Waals surface area contributed by atoms with E-state index in [-0.39, 0.29) is 24.9 Å². The lowest BCUT2D eigenvalue weighted by atomic mass is 9.98. The van der Waals surface area contributed by atoms with Gasteiger partial charge in [0.15, 0.2) is 0 Å². The summed E-state index contributed by atoms with van der Waals surface area (Å²) in [5.74, 6) is -1.11. The third-order valence-corrected chi connectivity index (χ3v) is 7.23.